The predicted octanol–water partition coefficient (Wildman–Crippen LogP) is 13.9. The van der Waals surface area contributed by atoms with E-state index in [-0.39, 0.29) is 0 Å². The fourth-order valence-corrected chi connectivity index (χ4v) is 9.58. The summed E-state index contributed by atoms with van der Waals surface area (Å²) < 4.78 is 13.5. The van der Waals surface area contributed by atoms with Gasteiger partial charge >= 0.3 is 0 Å². The van der Waals surface area contributed by atoms with Crippen molar-refractivity contribution in [2.45, 2.75) is 0 Å². The molecule has 0 fully saturated rings. The molecule has 8 aromatic carbocycles. The van der Waals surface area contributed by atoms with E-state index in [0.717, 1.165) is 61.2 Å². The molecule has 0 spiro atoms. The van der Waals surface area contributed by atoms with E-state index >= 15 is 0 Å². The number of fused-ring (bicyclic) bond motifs is 12. The SMILES string of the molecule is c1ccc2c(c1)c1ccccc1n2-c1cncc(-n2c3ccccc3c3cc(-c4ccc5oc6ccc(-n7c8ccccc8c8ccccc87)cc6c5c4)ccc32)c1. The Morgan fingerprint density at radius 2 is 0.672 bits per heavy atom. The van der Waals surface area contributed by atoms with Gasteiger partial charge in [-0.1, -0.05) is 103 Å². The molecule has 0 N–H and O–H groups in total. The van der Waals surface area contributed by atoms with Gasteiger partial charge in [-0.3, -0.25) is 4.98 Å². The summed E-state index contributed by atoms with van der Waals surface area (Å²) in [7, 11) is 0. The standard InChI is InChI=1S/C53H32N4O/c1-6-16-46-38(11-1)39-12-2-7-17-47(39)55(46)35-23-26-53-45(30-35)44-28-34(22-25-52(44)58-53)33-21-24-51-43(27-33)42-15-5-10-20-50(42)57(51)37-29-36(31-54-32-37)56-48-18-8-3-13-40(48)41-14-4-9-19-49(41)56/h1-32H. The fourth-order valence-electron chi connectivity index (χ4n) is 9.58. The van der Waals surface area contributed by atoms with Crippen molar-refractivity contribution in [1.29, 1.82) is 0 Å². The van der Waals surface area contributed by atoms with Crippen LogP contribution in [-0.4, -0.2) is 18.7 Å². The minimum atomic E-state index is 0.881. The highest BCUT2D eigenvalue weighted by Gasteiger charge is 2.18. The summed E-state index contributed by atoms with van der Waals surface area (Å²) >= 11 is 0. The van der Waals surface area contributed by atoms with Crippen LogP contribution in [0, 0.1) is 0 Å². The molecule has 0 aliphatic carbocycles. The minimum absolute atomic E-state index is 0.881. The summed E-state index contributed by atoms with van der Waals surface area (Å²) in [6.45, 7) is 0. The normalized spacial score (nSPS) is 12.1. The van der Waals surface area contributed by atoms with Gasteiger partial charge in [-0.05, 0) is 90.0 Å². The molecule has 0 amide bonds. The van der Waals surface area contributed by atoms with E-state index in [0.29, 0.717) is 0 Å². The molecular formula is C53H32N4O. The molecule has 58 heavy (non-hydrogen) atoms. The molecule has 0 unspecified atom stereocenters. The Morgan fingerprint density at radius 3 is 1.19 bits per heavy atom. The summed E-state index contributed by atoms with van der Waals surface area (Å²) in [6, 6.07) is 65.5. The van der Waals surface area contributed by atoms with Gasteiger partial charge in [0.1, 0.15) is 11.2 Å². The summed E-state index contributed by atoms with van der Waals surface area (Å²) in [4.78, 5) is 4.84. The number of pyridine rings is 1. The number of furan rings is 1. The smallest absolute Gasteiger partial charge is 0.135 e. The number of nitrogens with zero attached hydrogens (tertiary/aromatic N) is 4. The molecule has 0 saturated heterocycles. The van der Waals surface area contributed by atoms with Gasteiger partial charge in [-0.15, -0.1) is 0 Å². The van der Waals surface area contributed by atoms with Crippen molar-refractivity contribution >= 4 is 87.4 Å². The summed E-state index contributed by atoms with van der Waals surface area (Å²) in [6.07, 6.45) is 3.94. The third-order valence-corrected chi connectivity index (χ3v) is 12.1. The highest BCUT2D eigenvalue weighted by Crippen LogP contribution is 2.40. The molecule has 0 aliphatic heterocycles. The van der Waals surface area contributed by atoms with Gasteiger partial charge < -0.3 is 18.1 Å². The number of para-hydroxylation sites is 5. The summed E-state index contributed by atoms with van der Waals surface area (Å²) in [5, 5.41) is 9.57. The van der Waals surface area contributed by atoms with Crippen LogP contribution in [0.3, 0.4) is 0 Å². The molecule has 5 aromatic heterocycles. The van der Waals surface area contributed by atoms with Crippen molar-refractivity contribution in [3.63, 3.8) is 0 Å². The molecule has 13 rings (SSSR count). The lowest BCUT2D eigenvalue weighted by molar-refractivity contribution is 0.669. The predicted molar refractivity (Wildman–Crippen MR) is 240 cm³/mol. The molecule has 0 aliphatic rings. The largest absolute Gasteiger partial charge is 0.456 e. The van der Waals surface area contributed by atoms with Crippen LogP contribution < -0.4 is 0 Å². The molecule has 5 nitrogen and oxygen atoms in total. The lowest BCUT2D eigenvalue weighted by Crippen LogP contribution is -1.99. The molecule has 5 heterocycles. The molecule has 0 radical (unpaired) electrons. The molecule has 0 bridgehead atoms. The quantitative estimate of drug-likeness (QED) is 0.180. The van der Waals surface area contributed by atoms with Crippen LogP contribution in [0.2, 0.25) is 0 Å². The highest BCUT2D eigenvalue weighted by atomic mass is 16.3. The second-order valence-electron chi connectivity index (χ2n) is 15.2. The van der Waals surface area contributed by atoms with Crippen LogP contribution >= 0.6 is 0 Å². The molecule has 13 aromatic rings. The molecule has 270 valence electrons. The second kappa shape index (κ2) is 11.8. The van der Waals surface area contributed by atoms with Gasteiger partial charge in [0.05, 0.1) is 56.9 Å². The first-order valence-corrected chi connectivity index (χ1v) is 19.7. The first-order chi connectivity index (χ1) is 28.8. The van der Waals surface area contributed by atoms with Crippen LogP contribution in [0.4, 0.5) is 0 Å². The van der Waals surface area contributed by atoms with Crippen molar-refractivity contribution in [2.24, 2.45) is 0 Å². The maximum absolute atomic E-state index is 6.43. The van der Waals surface area contributed by atoms with Gasteiger partial charge in [-0.25, -0.2) is 0 Å². The summed E-state index contributed by atoms with van der Waals surface area (Å²) in [5.74, 6) is 0. The van der Waals surface area contributed by atoms with Crippen LogP contribution in [0.15, 0.2) is 199 Å². The number of rotatable bonds is 4. The van der Waals surface area contributed by atoms with Gasteiger partial charge in [0.15, 0.2) is 0 Å². The Balaban J connectivity index is 0.957. The van der Waals surface area contributed by atoms with Gasteiger partial charge in [-0.2, -0.15) is 0 Å². The van der Waals surface area contributed by atoms with E-state index in [4.69, 9.17) is 9.40 Å². The Bertz CT molecular complexity index is 3710. The van der Waals surface area contributed by atoms with Crippen molar-refractivity contribution in [1.82, 2.24) is 18.7 Å². The van der Waals surface area contributed by atoms with Crippen molar-refractivity contribution in [3.8, 4) is 28.2 Å². The fraction of sp³-hybridized carbons (Fsp3) is 0. The van der Waals surface area contributed by atoms with Crippen LogP contribution in [0.1, 0.15) is 0 Å². The molecule has 0 atom stereocenters. The zero-order chi connectivity index (χ0) is 37.9. The van der Waals surface area contributed by atoms with Gasteiger partial charge in [0.2, 0.25) is 0 Å². The Hall–Kier alpha value is -7.89. The van der Waals surface area contributed by atoms with E-state index in [2.05, 4.69) is 196 Å². The second-order valence-corrected chi connectivity index (χ2v) is 15.2. The lowest BCUT2D eigenvalue weighted by Gasteiger charge is -2.12. The molecule has 5 heteroatoms. The Labute approximate surface area is 331 Å². The zero-order valence-electron chi connectivity index (χ0n) is 31.2. The Morgan fingerprint density at radius 1 is 0.293 bits per heavy atom. The molecular weight excluding hydrogens is 709 g/mol. The first kappa shape index (κ1) is 31.3. The van der Waals surface area contributed by atoms with Gasteiger partial charge in [0.25, 0.3) is 0 Å². The monoisotopic (exact) mass is 740 g/mol. The maximum atomic E-state index is 6.43. The van der Waals surface area contributed by atoms with Crippen molar-refractivity contribution in [3.05, 3.63) is 194 Å². The van der Waals surface area contributed by atoms with Crippen molar-refractivity contribution in [2.75, 3.05) is 0 Å². The van der Waals surface area contributed by atoms with E-state index in [1.807, 2.05) is 12.4 Å². The van der Waals surface area contributed by atoms with E-state index < -0.39 is 0 Å². The zero-order valence-corrected chi connectivity index (χ0v) is 31.2. The van der Waals surface area contributed by atoms with Crippen molar-refractivity contribution < 1.29 is 4.42 Å². The average molecular weight is 741 g/mol. The number of benzene rings is 8. The van der Waals surface area contributed by atoms with Crippen LogP contribution in [0.25, 0.3) is 116 Å². The third kappa shape index (κ3) is 4.38. The van der Waals surface area contributed by atoms with E-state index in [9.17, 15) is 0 Å². The molecule has 0 saturated carbocycles. The number of hydrogen-bond donors (Lipinski definition) is 0. The average Bonchev–Trinajstić information content (AvgIpc) is 4.02. The third-order valence-electron chi connectivity index (χ3n) is 12.1. The lowest BCUT2D eigenvalue weighted by atomic mass is 10.0. The highest BCUT2D eigenvalue weighted by molar-refractivity contribution is 6.13. The van der Waals surface area contributed by atoms with Crippen LogP contribution in [0.5, 0.6) is 0 Å². The van der Waals surface area contributed by atoms with Crippen LogP contribution in [-0.2, 0) is 0 Å². The van der Waals surface area contributed by atoms with E-state index in [1.165, 1.54) is 54.4 Å². The van der Waals surface area contributed by atoms with E-state index in [1.54, 1.807) is 0 Å². The number of hydrogen-bond acceptors (Lipinski definition) is 2. The topological polar surface area (TPSA) is 40.8 Å². The van der Waals surface area contributed by atoms with Gasteiger partial charge in [0, 0.05) is 48.8 Å². The summed E-state index contributed by atoms with van der Waals surface area (Å²) in [5.41, 5.74) is 14.2. The first-order valence-electron chi connectivity index (χ1n) is 19.7. The minimum Gasteiger partial charge on any atom is -0.456 e. The Kier molecular flexibility index (Phi) is 6.38. The maximum Gasteiger partial charge on any atom is 0.135 e. The number of aromatic nitrogens is 4.